The summed E-state index contributed by atoms with van der Waals surface area (Å²) in [5, 5.41) is 3.89. The molecule has 0 aliphatic carbocycles. The number of benzene rings is 2. The molecule has 2 amide bonds. The molecule has 1 aliphatic heterocycles. The van der Waals surface area contributed by atoms with Crippen LogP contribution in [0.1, 0.15) is 6.42 Å². The molecule has 2 aromatic carbocycles. The minimum atomic E-state index is -0.566. The second kappa shape index (κ2) is 8.86. The summed E-state index contributed by atoms with van der Waals surface area (Å²) in [6.07, 6.45) is 0.0948. The summed E-state index contributed by atoms with van der Waals surface area (Å²) in [4.78, 5) is 30.6. The third kappa shape index (κ3) is 4.43. The first-order valence-electron chi connectivity index (χ1n) is 8.29. The first kappa shape index (κ1) is 20.5. The van der Waals surface area contributed by atoms with E-state index < -0.39 is 5.25 Å². The molecule has 0 radical (unpaired) electrons. The number of carbonyl (C=O) groups excluding carboxylic acids is 2. The number of imide groups is 1. The van der Waals surface area contributed by atoms with E-state index in [2.05, 4.69) is 10.3 Å². The van der Waals surface area contributed by atoms with Crippen molar-refractivity contribution in [2.45, 2.75) is 11.7 Å². The fourth-order valence-electron chi connectivity index (χ4n) is 2.67. The molecule has 2 aromatic rings. The second-order valence-electron chi connectivity index (χ2n) is 5.86. The molecule has 3 rings (SSSR count). The molecule has 0 spiro atoms. The van der Waals surface area contributed by atoms with E-state index in [0.29, 0.717) is 32.3 Å². The van der Waals surface area contributed by atoms with Gasteiger partial charge in [-0.1, -0.05) is 35.0 Å². The van der Waals surface area contributed by atoms with E-state index in [1.165, 1.54) is 16.7 Å². The predicted octanol–water partition coefficient (Wildman–Crippen LogP) is 4.47. The van der Waals surface area contributed by atoms with Gasteiger partial charge in [-0.3, -0.25) is 14.6 Å². The summed E-state index contributed by atoms with van der Waals surface area (Å²) < 4.78 is 5.11. The Morgan fingerprint density at radius 3 is 2.50 bits per heavy atom. The fourth-order valence-corrected chi connectivity index (χ4v) is 3.95. The number of methoxy groups -OCH3 is 1. The Labute approximate surface area is 176 Å². The normalized spacial score (nSPS) is 17.2. The van der Waals surface area contributed by atoms with Crippen LogP contribution in [0.15, 0.2) is 47.5 Å². The number of nitrogens with zero attached hydrogens (tertiary/aromatic N) is 2. The summed E-state index contributed by atoms with van der Waals surface area (Å²) in [5.41, 5.74) is 1.21. The average molecular weight is 438 g/mol. The molecule has 0 aromatic heterocycles. The van der Waals surface area contributed by atoms with Crippen LogP contribution in [0.2, 0.25) is 10.0 Å². The van der Waals surface area contributed by atoms with E-state index in [4.69, 9.17) is 27.9 Å². The zero-order valence-electron chi connectivity index (χ0n) is 15.1. The highest BCUT2D eigenvalue weighted by molar-refractivity contribution is 8.15. The number of rotatable bonds is 4. The molecule has 0 unspecified atom stereocenters. The topological polar surface area (TPSA) is 71.0 Å². The van der Waals surface area contributed by atoms with Crippen molar-refractivity contribution in [3.8, 4) is 5.75 Å². The molecule has 9 heteroatoms. The SMILES string of the molecule is CN=C(Nc1ccc(Cl)c(Cl)c1)S[C@H]1CC(=O)N(c2ccc(OC)cc2)C1=O. The average Bonchev–Trinajstić information content (AvgIpc) is 2.97. The van der Waals surface area contributed by atoms with Gasteiger partial charge in [0.1, 0.15) is 11.0 Å². The van der Waals surface area contributed by atoms with Crippen molar-refractivity contribution in [2.24, 2.45) is 4.99 Å². The largest absolute Gasteiger partial charge is 0.497 e. The minimum absolute atomic E-state index is 0.0948. The van der Waals surface area contributed by atoms with Gasteiger partial charge in [-0.15, -0.1) is 0 Å². The van der Waals surface area contributed by atoms with Crippen molar-refractivity contribution < 1.29 is 14.3 Å². The van der Waals surface area contributed by atoms with Gasteiger partial charge in [0.05, 0.1) is 22.8 Å². The molecule has 1 fully saturated rings. The summed E-state index contributed by atoms with van der Waals surface area (Å²) in [5.74, 6) is 0.120. The highest BCUT2D eigenvalue weighted by atomic mass is 35.5. The van der Waals surface area contributed by atoms with Crippen molar-refractivity contribution in [1.82, 2.24) is 0 Å². The lowest BCUT2D eigenvalue weighted by Gasteiger charge is -2.16. The maximum atomic E-state index is 12.8. The first-order chi connectivity index (χ1) is 13.4. The number of nitrogens with one attached hydrogen (secondary N) is 1. The molecule has 28 heavy (non-hydrogen) atoms. The number of amidine groups is 1. The van der Waals surface area contributed by atoms with Crippen molar-refractivity contribution in [1.29, 1.82) is 0 Å². The summed E-state index contributed by atoms with van der Waals surface area (Å²) in [7, 11) is 3.16. The molecule has 146 valence electrons. The molecule has 1 saturated heterocycles. The van der Waals surface area contributed by atoms with E-state index in [9.17, 15) is 9.59 Å². The summed E-state index contributed by atoms with van der Waals surface area (Å²) in [6.45, 7) is 0. The van der Waals surface area contributed by atoms with Crippen molar-refractivity contribution in [3.05, 3.63) is 52.5 Å². The molecule has 1 atom stereocenters. The Kier molecular flexibility index (Phi) is 6.49. The molecule has 0 bridgehead atoms. The Hall–Kier alpha value is -2.22. The molecular weight excluding hydrogens is 421 g/mol. The molecule has 6 nitrogen and oxygen atoms in total. The third-order valence-electron chi connectivity index (χ3n) is 4.06. The van der Waals surface area contributed by atoms with E-state index in [1.54, 1.807) is 56.6 Å². The Balaban J connectivity index is 1.71. The van der Waals surface area contributed by atoms with Crippen LogP contribution in [0.25, 0.3) is 0 Å². The smallest absolute Gasteiger partial charge is 0.247 e. The Bertz CT molecular complexity index is 935. The standard InChI is InChI=1S/C19H17Cl2N3O3S/c1-22-19(23-11-3-8-14(20)15(21)9-11)28-16-10-17(25)24(18(16)26)12-4-6-13(27-2)7-5-12/h3-9,16H,10H2,1-2H3,(H,22,23)/t16-/m0/s1. The van der Waals surface area contributed by atoms with E-state index in [0.717, 1.165) is 0 Å². The van der Waals surface area contributed by atoms with Gasteiger partial charge in [0.15, 0.2) is 5.17 Å². The van der Waals surface area contributed by atoms with Crippen molar-refractivity contribution in [3.63, 3.8) is 0 Å². The van der Waals surface area contributed by atoms with Gasteiger partial charge in [0.25, 0.3) is 0 Å². The quantitative estimate of drug-likeness (QED) is 0.434. The number of halogens is 2. The Morgan fingerprint density at radius 1 is 1.18 bits per heavy atom. The van der Waals surface area contributed by atoms with Crippen LogP contribution in [0, 0.1) is 0 Å². The number of hydrogen-bond acceptors (Lipinski definition) is 5. The lowest BCUT2D eigenvalue weighted by Crippen LogP contribution is -2.31. The lowest BCUT2D eigenvalue weighted by molar-refractivity contribution is -0.121. The molecular formula is C19H17Cl2N3O3S. The minimum Gasteiger partial charge on any atom is -0.497 e. The van der Waals surface area contributed by atoms with Crippen LogP contribution in [0.4, 0.5) is 11.4 Å². The monoisotopic (exact) mass is 437 g/mol. The number of aliphatic imine (C=N–C) groups is 1. The number of amides is 2. The zero-order chi connectivity index (χ0) is 20.3. The zero-order valence-corrected chi connectivity index (χ0v) is 17.4. The first-order valence-corrected chi connectivity index (χ1v) is 9.93. The van der Waals surface area contributed by atoms with Crippen LogP contribution in [-0.4, -0.2) is 36.4 Å². The van der Waals surface area contributed by atoms with Gasteiger partial charge in [-0.2, -0.15) is 0 Å². The van der Waals surface area contributed by atoms with Crippen molar-refractivity contribution in [2.75, 3.05) is 24.4 Å². The Morgan fingerprint density at radius 2 is 1.89 bits per heavy atom. The van der Waals surface area contributed by atoms with Crippen molar-refractivity contribution >= 4 is 63.3 Å². The predicted molar refractivity (Wildman–Crippen MR) is 115 cm³/mol. The van der Waals surface area contributed by atoms with Gasteiger partial charge < -0.3 is 10.1 Å². The summed E-state index contributed by atoms with van der Waals surface area (Å²) in [6, 6.07) is 11.9. The van der Waals surface area contributed by atoms with Gasteiger partial charge in [0.2, 0.25) is 11.8 Å². The van der Waals surface area contributed by atoms with Crippen LogP contribution in [-0.2, 0) is 9.59 Å². The van der Waals surface area contributed by atoms with E-state index >= 15 is 0 Å². The molecule has 1 heterocycles. The number of carbonyl (C=O) groups is 2. The van der Waals surface area contributed by atoms with Gasteiger partial charge in [-0.05, 0) is 42.5 Å². The van der Waals surface area contributed by atoms with E-state index in [-0.39, 0.29) is 18.2 Å². The number of hydrogen-bond donors (Lipinski definition) is 1. The maximum Gasteiger partial charge on any atom is 0.247 e. The number of thioether (sulfide) groups is 1. The molecule has 1 aliphatic rings. The molecule has 1 N–H and O–H groups in total. The maximum absolute atomic E-state index is 12.8. The van der Waals surface area contributed by atoms with Gasteiger partial charge in [0, 0.05) is 19.2 Å². The highest BCUT2D eigenvalue weighted by Gasteiger charge is 2.40. The van der Waals surface area contributed by atoms with Gasteiger partial charge >= 0.3 is 0 Å². The highest BCUT2D eigenvalue weighted by Crippen LogP contribution is 2.32. The second-order valence-corrected chi connectivity index (χ2v) is 7.86. The summed E-state index contributed by atoms with van der Waals surface area (Å²) >= 11 is 13.2. The van der Waals surface area contributed by atoms with Crippen LogP contribution in [0.5, 0.6) is 5.75 Å². The number of ether oxygens (including phenoxy) is 1. The molecule has 0 saturated carbocycles. The van der Waals surface area contributed by atoms with Crippen LogP contribution in [0.3, 0.4) is 0 Å². The number of anilines is 2. The van der Waals surface area contributed by atoms with Crippen LogP contribution >= 0.6 is 35.0 Å². The van der Waals surface area contributed by atoms with Crippen LogP contribution < -0.4 is 15.0 Å². The van der Waals surface area contributed by atoms with Gasteiger partial charge in [-0.25, -0.2) is 4.90 Å². The van der Waals surface area contributed by atoms with E-state index in [1.807, 2.05) is 0 Å². The fraction of sp³-hybridized carbons (Fsp3) is 0.211. The lowest BCUT2D eigenvalue weighted by atomic mass is 10.3. The third-order valence-corrected chi connectivity index (χ3v) is 5.96.